The molecule has 0 rings (SSSR count). The van der Waals surface area contributed by atoms with E-state index >= 15 is 0 Å². The minimum atomic E-state index is -0.558. The molecule has 0 radical (unpaired) electrons. The van der Waals surface area contributed by atoms with Gasteiger partial charge in [0.25, 0.3) is 5.12 Å². The minimum Gasteiger partial charge on any atom is -0.465 e. The number of esters is 1. The maximum Gasteiger partial charge on any atom is 0.302 e. The van der Waals surface area contributed by atoms with Crippen LogP contribution in [0.1, 0.15) is 6.92 Å². The van der Waals surface area contributed by atoms with Gasteiger partial charge >= 0.3 is 11.9 Å². The SMILES string of the molecule is CC(=O)OCCSC(=O)C(=O)N(C)C. The van der Waals surface area contributed by atoms with E-state index in [1.54, 1.807) is 0 Å². The maximum absolute atomic E-state index is 11.1. The Kier molecular flexibility index (Phi) is 5.94. The molecular weight excluding hydrogens is 206 g/mol. The zero-order valence-electron chi connectivity index (χ0n) is 8.40. The molecule has 0 saturated carbocycles. The maximum atomic E-state index is 11.1. The minimum absolute atomic E-state index is 0.145. The first-order valence-corrected chi connectivity index (χ1v) is 4.95. The van der Waals surface area contributed by atoms with Gasteiger partial charge in [0, 0.05) is 26.8 Å². The van der Waals surface area contributed by atoms with Gasteiger partial charge in [-0.05, 0) is 0 Å². The summed E-state index contributed by atoms with van der Waals surface area (Å²) in [5, 5.41) is -0.540. The summed E-state index contributed by atoms with van der Waals surface area (Å²) in [5.41, 5.74) is 0. The Morgan fingerprint density at radius 1 is 1.29 bits per heavy atom. The fraction of sp³-hybridized carbons (Fsp3) is 0.625. The molecule has 80 valence electrons. The highest BCUT2D eigenvalue weighted by atomic mass is 32.2. The topological polar surface area (TPSA) is 63.7 Å². The van der Waals surface area contributed by atoms with Crippen LogP contribution >= 0.6 is 11.8 Å². The number of thioether (sulfide) groups is 1. The van der Waals surface area contributed by atoms with Crippen LogP contribution in [0.25, 0.3) is 0 Å². The molecule has 0 atom stereocenters. The Morgan fingerprint density at radius 3 is 2.29 bits per heavy atom. The zero-order valence-corrected chi connectivity index (χ0v) is 9.22. The summed E-state index contributed by atoms with van der Waals surface area (Å²) in [6, 6.07) is 0. The Hall–Kier alpha value is -1.04. The van der Waals surface area contributed by atoms with Crippen LogP contribution in [0.3, 0.4) is 0 Å². The third-order valence-electron chi connectivity index (χ3n) is 1.20. The largest absolute Gasteiger partial charge is 0.465 e. The molecule has 6 heteroatoms. The van der Waals surface area contributed by atoms with Gasteiger partial charge in [-0.15, -0.1) is 0 Å². The Labute approximate surface area is 86.8 Å². The van der Waals surface area contributed by atoms with Crippen LogP contribution in [0.4, 0.5) is 0 Å². The van der Waals surface area contributed by atoms with Crippen molar-refractivity contribution in [3.8, 4) is 0 Å². The van der Waals surface area contributed by atoms with Crippen LogP contribution in [-0.2, 0) is 19.1 Å². The summed E-state index contributed by atoms with van der Waals surface area (Å²) in [5.74, 6) is -0.646. The number of carbonyl (C=O) groups excluding carboxylic acids is 3. The Bertz CT molecular complexity index is 239. The standard InChI is InChI=1S/C8H13NO4S/c1-6(10)13-4-5-14-8(12)7(11)9(2)3/h4-5H2,1-3H3. The van der Waals surface area contributed by atoms with Crippen LogP contribution < -0.4 is 0 Å². The highest BCUT2D eigenvalue weighted by Gasteiger charge is 2.15. The summed E-state index contributed by atoms with van der Waals surface area (Å²) in [6.45, 7) is 1.43. The predicted molar refractivity (Wildman–Crippen MR) is 52.8 cm³/mol. The lowest BCUT2D eigenvalue weighted by Gasteiger charge is -2.07. The van der Waals surface area contributed by atoms with Crippen molar-refractivity contribution in [2.24, 2.45) is 0 Å². The molecule has 0 aromatic carbocycles. The van der Waals surface area contributed by atoms with Crippen molar-refractivity contribution < 1.29 is 19.1 Å². The molecular formula is C8H13NO4S. The van der Waals surface area contributed by atoms with Gasteiger partial charge < -0.3 is 9.64 Å². The van der Waals surface area contributed by atoms with Gasteiger partial charge in [-0.2, -0.15) is 0 Å². The number of hydrogen-bond acceptors (Lipinski definition) is 5. The third kappa shape index (κ3) is 5.58. The summed E-state index contributed by atoms with van der Waals surface area (Å²) >= 11 is 0.847. The number of ether oxygens (including phenoxy) is 1. The summed E-state index contributed by atoms with van der Waals surface area (Å²) in [6.07, 6.45) is 0. The van der Waals surface area contributed by atoms with E-state index in [9.17, 15) is 14.4 Å². The fourth-order valence-electron chi connectivity index (χ4n) is 0.564. The van der Waals surface area contributed by atoms with Crippen LogP contribution in [0, 0.1) is 0 Å². The summed E-state index contributed by atoms with van der Waals surface area (Å²) < 4.78 is 4.60. The lowest BCUT2D eigenvalue weighted by atomic mass is 10.6. The van der Waals surface area contributed by atoms with Crippen LogP contribution in [0.5, 0.6) is 0 Å². The van der Waals surface area contributed by atoms with Gasteiger partial charge in [-0.3, -0.25) is 14.4 Å². The third-order valence-corrected chi connectivity index (χ3v) is 2.01. The van der Waals surface area contributed by atoms with Gasteiger partial charge in [-0.1, -0.05) is 11.8 Å². The first kappa shape index (κ1) is 13.0. The van der Waals surface area contributed by atoms with Crippen LogP contribution in [0.15, 0.2) is 0 Å². The lowest BCUT2D eigenvalue weighted by molar-refractivity contribution is -0.140. The van der Waals surface area contributed by atoms with Crippen molar-refractivity contribution in [3.63, 3.8) is 0 Å². The molecule has 0 bridgehead atoms. The van der Waals surface area contributed by atoms with E-state index < -0.39 is 17.0 Å². The van der Waals surface area contributed by atoms with Crippen molar-refractivity contribution in [1.29, 1.82) is 0 Å². The first-order valence-electron chi connectivity index (χ1n) is 3.97. The van der Waals surface area contributed by atoms with E-state index in [0.29, 0.717) is 5.75 Å². The lowest BCUT2D eigenvalue weighted by Crippen LogP contribution is -2.28. The van der Waals surface area contributed by atoms with Crippen molar-refractivity contribution in [2.45, 2.75) is 6.92 Å². The van der Waals surface area contributed by atoms with Crippen molar-refractivity contribution in [1.82, 2.24) is 4.90 Å². The molecule has 0 spiro atoms. The molecule has 0 heterocycles. The number of likely N-dealkylation sites (N-methyl/N-ethyl adjacent to an activating group) is 1. The molecule has 0 aliphatic rings. The molecule has 0 saturated heterocycles. The second-order valence-electron chi connectivity index (χ2n) is 2.68. The molecule has 0 aliphatic heterocycles. The highest BCUT2D eigenvalue weighted by molar-refractivity contribution is 8.15. The van der Waals surface area contributed by atoms with E-state index in [-0.39, 0.29) is 6.61 Å². The second kappa shape index (κ2) is 6.42. The van der Waals surface area contributed by atoms with Crippen molar-refractivity contribution in [3.05, 3.63) is 0 Å². The molecule has 0 fully saturated rings. The van der Waals surface area contributed by atoms with Crippen molar-refractivity contribution in [2.75, 3.05) is 26.5 Å². The Balaban J connectivity index is 3.64. The molecule has 0 aromatic heterocycles. The highest BCUT2D eigenvalue weighted by Crippen LogP contribution is 2.03. The molecule has 0 N–H and O–H groups in total. The van der Waals surface area contributed by atoms with Gasteiger partial charge in [-0.25, -0.2) is 0 Å². The fourth-order valence-corrected chi connectivity index (χ4v) is 1.22. The predicted octanol–water partition coefficient (Wildman–Crippen LogP) is -0.103. The number of carbonyl (C=O) groups is 3. The van der Waals surface area contributed by atoms with E-state index in [1.165, 1.54) is 25.9 Å². The van der Waals surface area contributed by atoms with E-state index in [0.717, 1.165) is 11.8 Å². The van der Waals surface area contributed by atoms with Crippen molar-refractivity contribution >= 4 is 28.8 Å². The molecule has 14 heavy (non-hydrogen) atoms. The number of nitrogens with zero attached hydrogens (tertiary/aromatic N) is 1. The average Bonchev–Trinajstić information content (AvgIpc) is 2.10. The van der Waals surface area contributed by atoms with Crippen LogP contribution in [0.2, 0.25) is 0 Å². The van der Waals surface area contributed by atoms with E-state index in [2.05, 4.69) is 4.74 Å². The van der Waals surface area contributed by atoms with Gasteiger partial charge in [0.2, 0.25) is 0 Å². The molecule has 0 unspecified atom stereocenters. The molecule has 0 aliphatic carbocycles. The number of amides is 1. The number of hydrogen-bond donors (Lipinski definition) is 0. The molecule has 5 nitrogen and oxygen atoms in total. The normalized spacial score (nSPS) is 9.36. The monoisotopic (exact) mass is 219 g/mol. The smallest absolute Gasteiger partial charge is 0.302 e. The Morgan fingerprint density at radius 2 is 1.86 bits per heavy atom. The van der Waals surface area contributed by atoms with Crippen LogP contribution in [-0.4, -0.2) is 48.3 Å². The van der Waals surface area contributed by atoms with E-state index in [1.807, 2.05) is 0 Å². The van der Waals surface area contributed by atoms with E-state index in [4.69, 9.17) is 0 Å². The number of rotatable bonds is 3. The molecule has 1 amide bonds. The zero-order chi connectivity index (χ0) is 11.1. The summed E-state index contributed by atoms with van der Waals surface area (Å²) in [4.78, 5) is 33.6. The van der Waals surface area contributed by atoms with Gasteiger partial charge in [0.05, 0.1) is 0 Å². The van der Waals surface area contributed by atoms with Gasteiger partial charge in [0.1, 0.15) is 6.61 Å². The quantitative estimate of drug-likeness (QED) is 0.377. The second-order valence-corrected chi connectivity index (χ2v) is 3.74. The van der Waals surface area contributed by atoms with Gasteiger partial charge in [0.15, 0.2) is 0 Å². The first-order chi connectivity index (χ1) is 6.45. The molecule has 0 aromatic rings. The average molecular weight is 219 g/mol. The summed E-state index contributed by atoms with van der Waals surface area (Å²) in [7, 11) is 3.01.